The molecule has 1 aromatic carbocycles. The van der Waals surface area contributed by atoms with Gasteiger partial charge in [0, 0.05) is 10.6 Å². The molecule has 2 fully saturated rings. The van der Waals surface area contributed by atoms with Crippen LogP contribution in [0.3, 0.4) is 0 Å². The molecule has 0 aromatic heterocycles. The van der Waals surface area contributed by atoms with E-state index in [1.807, 2.05) is 12.1 Å². The van der Waals surface area contributed by atoms with E-state index in [4.69, 9.17) is 11.6 Å². The number of nitrogens with zero attached hydrogens (tertiary/aromatic N) is 2. The average molecular weight is 301 g/mol. The van der Waals surface area contributed by atoms with E-state index in [-0.39, 0.29) is 35.5 Å². The fourth-order valence-corrected chi connectivity index (χ4v) is 3.88. The zero-order valence-electron chi connectivity index (χ0n) is 11.1. The topological polar surface area (TPSA) is 49.7 Å². The lowest BCUT2D eigenvalue weighted by molar-refractivity contribution is -0.140. The molecule has 21 heavy (non-hydrogen) atoms. The second-order valence-electron chi connectivity index (χ2n) is 5.75. The first-order chi connectivity index (χ1) is 10.2. The smallest absolute Gasteiger partial charge is 0.254 e. The molecular formula is C16H13ClN2O2. The lowest BCUT2D eigenvalue weighted by Crippen LogP contribution is -2.28. The summed E-state index contributed by atoms with van der Waals surface area (Å²) in [5.41, 5.74) is 0.693. The average Bonchev–Trinajstić information content (AvgIpc) is 3.14. The Labute approximate surface area is 127 Å². The van der Waals surface area contributed by atoms with Crippen molar-refractivity contribution >= 4 is 29.6 Å². The maximum atomic E-state index is 12.4. The first kappa shape index (κ1) is 12.8. The van der Waals surface area contributed by atoms with Crippen molar-refractivity contribution in [2.75, 3.05) is 0 Å². The summed E-state index contributed by atoms with van der Waals surface area (Å²) >= 11 is 6.04. The molecule has 2 aliphatic carbocycles. The molecule has 1 saturated carbocycles. The van der Waals surface area contributed by atoms with Gasteiger partial charge in [0.1, 0.15) is 0 Å². The van der Waals surface area contributed by atoms with Crippen molar-refractivity contribution in [2.45, 2.75) is 6.42 Å². The van der Waals surface area contributed by atoms with Gasteiger partial charge >= 0.3 is 0 Å². The largest absolute Gasteiger partial charge is 0.272 e. The Morgan fingerprint density at radius 1 is 1.10 bits per heavy atom. The summed E-state index contributed by atoms with van der Waals surface area (Å²) < 4.78 is 0. The standard InChI is InChI=1S/C16H13ClN2O2/c17-12-4-2-1-3-11(12)8-18-19-15(20)13-9-5-6-10(7-9)14(13)16(19)21/h1-6,8-10,13-14H,7H2. The van der Waals surface area contributed by atoms with Gasteiger partial charge in [0.25, 0.3) is 11.8 Å². The molecule has 106 valence electrons. The SMILES string of the molecule is O=C1C2C3C=CC(C3)C2C(=O)N1N=Cc1ccccc1Cl. The molecule has 4 atom stereocenters. The van der Waals surface area contributed by atoms with Crippen LogP contribution in [-0.4, -0.2) is 23.0 Å². The molecule has 1 aromatic rings. The summed E-state index contributed by atoms with van der Waals surface area (Å²) in [7, 11) is 0. The lowest BCUT2D eigenvalue weighted by Gasteiger charge is -2.13. The van der Waals surface area contributed by atoms with Gasteiger partial charge in [-0.05, 0) is 24.3 Å². The number of hydrogen-bond donors (Lipinski definition) is 0. The van der Waals surface area contributed by atoms with Crippen LogP contribution in [0.25, 0.3) is 0 Å². The minimum Gasteiger partial charge on any atom is -0.272 e. The molecular weight excluding hydrogens is 288 g/mol. The number of fused-ring (bicyclic) bond motifs is 5. The Hall–Kier alpha value is -1.94. The van der Waals surface area contributed by atoms with Crippen LogP contribution in [0.5, 0.6) is 0 Å². The summed E-state index contributed by atoms with van der Waals surface area (Å²) in [6, 6.07) is 7.19. The van der Waals surface area contributed by atoms with E-state index in [0.717, 1.165) is 11.4 Å². The van der Waals surface area contributed by atoms with Crippen LogP contribution in [0.2, 0.25) is 5.02 Å². The van der Waals surface area contributed by atoms with E-state index in [0.29, 0.717) is 10.6 Å². The summed E-state index contributed by atoms with van der Waals surface area (Å²) in [4.78, 5) is 24.8. The zero-order valence-corrected chi connectivity index (χ0v) is 11.9. The predicted octanol–water partition coefficient (Wildman–Crippen LogP) is 2.48. The second-order valence-corrected chi connectivity index (χ2v) is 6.16. The second kappa shape index (κ2) is 4.53. The van der Waals surface area contributed by atoms with Crippen LogP contribution >= 0.6 is 11.6 Å². The van der Waals surface area contributed by atoms with Gasteiger partial charge in [-0.3, -0.25) is 9.59 Å². The number of carbonyl (C=O) groups is 2. The van der Waals surface area contributed by atoms with Crippen molar-refractivity contribution in [3.8, 4) is 0 Å². The fourth-order valence-electron chi connectivity index (χ4n) is 3.70. The molecule has 1 heterocycles. The minimum absolute atomic E-state index is 0.176. The molecule has 2 bridgehead atoms. The highest BCUT2D eigenvalue weighted by Crippen LogP contribution is 2.52. The number of hydrogen-bond acceptors (Lipinski definition) is 3. The molecule has 0 spiro atoms. The number of hydrazone groups is 1. The maximum absolute atomic E-state index is 12.4. The molecule has 1 saturated heterocycles. The summed E-state index contributed by atoms with van der Waals surface area (Å²) in [6.45, 7) is 0. The van der Waals surface area contributed by atoms with E-state index in [2.05, 4.69) is 17.3 Å². The molecule has 4 nitrogen and oxygen atoms in total. The van der Waals surface area contributed by atoms with Crippen molar-refractivity contribution in [1.82, 2.24) is 5.01 Å². The number of carbonyl (C=O) groups excluding carboxylic acids is 2. The van der Waals surface area contributed by atoms with Crippen molar-refractivity contribution in [1.29, 1.82) is 0 Å². The highest BCUT2D eigenvalue weighted by Gasteiger charge is 2.59. The first-order valence-corrected chi connectivity index (χ1v) is 7.39. The minimum atomic E-state index is -0.212. The summed E-state index contributed by atoms with van der Waals surface area (Å²) in [5.74, 6) is -0.365. The number of benzene rings is 1. The van der Waals surface area contributed by atoms with Gasteiger partial charge in [0.15, 0.2) is 0 Å². The van der Waals surface area contributed by atoms with Crippen molar-refractivity contribution in [3.63, 3.8) is 0 Å². The number of rotatable bonds is 2. The number of allylic oxidation sites excluding steroid dienone is 2. The quantitative estimate of drug-likeness (QED) is 0.479. The predicted molar refractivity (Wildman–Crippen MR) is 78.6 cm³/mol. The summed E-state index contributed by atoms with van der Waals surface area (Å²) in [5, 5.41) is 5.67. The van der Waals surface area contributed by atoms with E-state index in [9.17, 15) is 9.59 Å². The third-order valence-corrected chi connectivity index (χ3v) is 5.01. The number of halogens is 1. The highest BCUT2D eigenvalue weighted by molar-refractivity contribution is 6.33. The number of amides is 2. The molecule has 4 rings (SSSR count). The molecule has 1 aliphatic heterocycles. The monoisotopic (exact) mass is 300 g/mol. The van der Waals surface area contributed by atoms with Crippen molar-refractivity contribution < 1.29 is 9.59 Å². The van der Waals surface area contributed by atoms with E-state index in [1.54, 1.807) is 12.1 Å². The van der Waals surface area contributed by atoms with Crippen LogP contribution in [-0.2, 0) is 9.59 Å². The molecule has 0 N–H and O–H groups in total. The fraction of sp³-hybridized carbons (Fsp3) is 0.312. The van der Waals surface area contributed by atoms with Crippen molar-refractivity contribution in [2.24, 2.45) is 28.8 Å². The molecule has 2 amide bonds. The van der Waals surface area contributed by atoms with Gasteiger partial charge in [-0.25, -0.2) is 0 Å². The van der Waals surface area contributed by atoms with Gasteiger partial charge in [-0.1, -0.05) is 42.0 Å². The Bertz CT molecular complexity index is 667. The molecule has 5 heteroatoms. The van der Waals surface area contributed by atoms with Crippen molar-refractivity contribution in [3.05, 3.63) is 47.0 Å². The maximum Gasteiger partial charge on any atom is 0.254 e. The van der Waals surface area contributed by atoms with E-state index >= 15 is 0 Å². The normalized spacial score (nSPS) is 33.5. The van der Waals surface area contributed by atoms with Crippen LogP contribution in [0.4, 0.5) is 0 Å². The third-order valence-electron chi connectivity index (χ3n) is 4.66. The molecule has 0 radical (unpaired) electrons. The zero-order chi connectivity index (χ0) is 14.6. The van der Waals surface area contributed by atoms with Gasteiger partial charge < -0.3 is 0 Å². The summed E-state index contributed by atoms with van der Waals surface area (Å²) in [6.07, 6.45) is 6.54. The van der Waals surface area contributed by atoms with Gasteiger partial charge in [0.2, 0.25) is 0 Å². The van der Waals surface area contributed by atoms with Crippen LogP contribution in [0, 0.1) is 23.7 Å². The van der Waals surface area contributed by atoms with E-state index in [1.165, 1.54) is 6.21 Å². The molecule has 4 unspecified atom stereocenters. The van der Waals surface area contributed by atoms with E-state index < -0.39 is 0 Å². The Kier molecular flexibility index (Phi) is 2.76. The van der Waals surface area contributed by atoms with Crippen LogP contribution < -0.4 is 0 Å². The Balaban J connectivity index is 1.62. The van der Waals surface area contributed by atoms with Gasteiger partial charge in [-0.15, -0.1) is 0 Å². The van der Waals surface area contributed by atoms with Crippen LogP contribution in [0.1, 0.15) is 12.0 Å². The molecule has 3 aliphatic rings. The van der Waals surface area contributed by atoms with Crippen LogP contribution in [0.15, 0.2) is 41.5 Å². The lowest BCUT2D eigenvalue weighted by atomic mass is 9.85. The Morgan fingerprint density at radius 3 is 2.33 bits per heavy atom. The third kappa shape index (κ3) is 1.79. The first-order valence-electron chi connectivity index (χ1n) is 7.01. The highest BCUT2D eigenvalue weighted by atomic mass is 35.5. The van der Waals surface area contributed by atoms with Gasteiger partial charge in [-0.2, -0.15) is 10.1 Å². The Morgan fingerprint density at radius 2 is 1.71 bits per heavy atom. The number of imide groups is 1. The van der Waals surface area contributed by atoms with Gasteiger partial charge in [0.05, 0.1) is 18.1 Å².